The second-order valence-electron chi connectivity index (χ2n) is 11.5. The Kier molecular flexibility index (Phi) is 10.7. The Balaban J connectivity index is 1.34. The molecule has 0 radical (unpaired) electrons. The molecule has 1 fully saturated rings. The number of piperidine rings is 1. The van der Waals surface area contributed by atoms with Crippen LogP contribution in [0.5, 0.6) is 0 Å². The quantitative estimate of drug-likeness (QED) is 0.233. The Morgan fingerprint density at radius 2 is 1.70 bits per heavy atom. The number of hydrogen-bond acceptors (Lipinski definition) is 4. The molecular formula is C32H34AsCl2F3N2O3S. The Morgan fingerprint density at radius 1 is 0.977 bits per heavy atom. The van der Waals surface area contributed by atoms with Crippen molar-refractivity contribution in [3.8, 4) is 0 Å². The van der Waals surface area contributed by atoms with E-state index in [-0.39, 0.29) is 28.4 Å². The van der Waals surface area contributed by atoms with Crippen LogP contribution in [-0.4, -0.2) is 46.9 Å². The third-order valence-electron chi connectivity index (χ3n) is 8.16. The Morgan fingerprint density at radius 3 is 2.41 bits per heavy atom. The molecule has 5 nitrogen and oxygen atoms in total. The predicted molar refractivity (Wildman–Crippen MR) is 169 cm³/mol. The molecular weight excluding hydrogens is 695 g/mol. The molecule has 1 N–H and O–H groups in total. The van der Waals surface area contributed by atoms with E-state index in [0.717, 1.165) is 62.7 Å². The first-order valence-electron chi connectivity index (χ1n) is 14.7. The van der Waals surface area contributed by atoms with Gasteiger partial charge in [0.1, 0.15) is 0 Å². The summed E-state index contributed by atoms with van der Waals surface area (Å²) >= 11 is 10.4. The fraction of sp³-hybridized carbons (Fsp3) is 0.406. The molecule has 3 aromatic rings. The number of carbonyl (C=O) groups excluding carboxylic acids is 1. The maximum atomic E-state index is 13.5. The van der Waals surface area contributed by atoms with Gasteiger partial charge in [-0.15, -0.1) is 0 Å². The zero-order chi connectivity index (χ0) is 31.5. The molecule has 0 aromatic heterocycles. The summed E-state index contributed by atoms with van der Waals surface area (Å²) in [5, 5.41) is 3.68. The molecule has 44 heavy (non-hydrogen) atoms. The number of rotatable bonds is 9. The van der Waals surface area contributed by atoms with Crippen LogP contribution < -0.4 is 5.32 Å². The van der Waals surface area contributed by atoms with E-state index in [2.05, 4.69) is 28.4 Å². The van der Waals surface area contributed by atoms with Crippen molar-refractivity contribution in [2.45, 2.75) is 73.3 Å². The van der Waals surface area contributed by atoms with Crippen LogP contribution in [0.1, 0.15) is 77.1 Å². The van der Waals surface area contributed by atoms with Crippen LogP contribution in [0.2, 0.25) is 10.0 Å². The van der Waals surface area contributed by atoms with Gasteiger partial charge >= 0.3 is 254 Å². The molecule has 1 amide bonds. The van der Waals surface area contributed by atoms with Gasteiger partial charge in [-0.3, -0.25) is 0 Å². The molecule has 0 spiro atoms. The fourth-order valence-electron chi connectivity index (χ4n) is 6.03. The van der Waals surface area contributed by atoms with Crippen molar-refractivity contribution in [1.82, 2.24) is 10.2 Å². The van der Waals surface area contributed by atoms with Crippen molar-refractivity contribution >= 4 is 51.8 Å². The standard InChI is InChI=1S/C32H34AsCl2F3N2O3S/c34-25-15-23(16-26(35)18-25)29(33-44(42,43)27-8-5-7-24(17-27)32(36,37)38)19-31(41)39-30-9-4-6-22-14-21(10-11-28(22)30)20-40-12-2-1-3-13-40/h5,7-8,10-11,14-18,29-30,33H,1-4,6,9,12-13,19-20H2,(H,39,41). The first-order chi connectivity index (χ1) is 20.9. The van der Waals surface area contributed by atoms with Crippen LogP contribution in [0.15, 0.2) is 65.6 Å². The van der Waals surface area contributed by atoms with Crippen molar-refractivity contribution in [2.75, 3.05) is 13.1 Å². The molecule has 3 atom stereocenters. The predicted octanol–water partition coefficient (Wildman–Crippen LogP) is 7.45. The minimum absolute atomic E-state index is 0.159. The van der Waals surface area contributed by atoms with Crippen LogP contribution in [0.3, 0.4) is 0 Å². The van der Waals surface area contributed by atoms with Crippen LogP contribution in [-0.2, 0) is 32.0 Å². The second-order valence-corrected chi connectivity index (χ2v) is 20.4. The summed E-state index contributed by atoms with van der Waals surface area (Å²) in [6.45, 7) is 3.14. The monoisotopic (exact) mass is 728 g/mol. The third kappa shape index (κ3) is 8.61. The fourth-order valence-corrected chi connectivity index (χ4v) is 14.0. The van der Waals surface area contributed by atoms with E-state index in [1.54, 1.807) is 12.1 Å². The second kappa shape index (κ2) is 14.2. The van der Waals surface area contributed by atoms with Gasteiger partial charge in [0.25, 0.3) is 0 Å². The van der Waals surface area contributed by atoms with Gasteiger partial charge in [0.2, 0.25) is 0 Å². The van der Waals surface area contributed by atoms with Gasteiger partial charge in [-0.1, -0.05) is 6.42 Å². The first-order valence-corrected chi connectivity index (χ1v) is 20.7. The molecule has 3 unspecified atom stereocenters. The number of nitrogens with one attached hydrogen (secondary N) is 1. The summed E-state index contributed by atoms with van der Waals surface area (Å²) in [5.74, 6) is -0.329. The van der Waals surface area contributed by atoms with Gasteiger partial charge < -0.3 is 0 Å². The number of fused-ring (bicyclic) bond motifs is 1. The summed E-state index contributed by atoms with van der Waals surface area (Å²) < 4.78 is 66.1. The van der Waals surface area contributed by atoms with Crippen molar-refractivity contribution in [1.29, 1.82) is 0 Å². The Hall–Kier alpha value is -2.03. The summed E-state index contributed by atoms with van der Waals surface area (Å²) in [5.41, 5.74) is 2.98. The number of carbonyl (C=O) groups is 1. The average Bonchev–Trinajstić information content (AvgIpc) is 2.96. The molecule has 0 bridgehead atoms. The molecule has 0 saturated carbocycles. The van der Waals surface area contributed by atoms with Gasteiger partial charge in [0, 0.05) is 0 Å². The number of halogens is 5. The number of aryl methyl sites for hydroxylation is 1. The van der Waals surface area contributed by atoms with Crippen molar-refractivity contribution in [3.63, 3.8) is 0 Å². The molecule has 5 rings (SSSR count). The summed E-state index contributed by atoms with van der Waals surface area (Å²) in [4.78, 5) is 15.6. The average molecular weight is 730 g/mol. The van der Waals surface area contributed by atoms with Gasteiger partial charge in [-0.25, -0.2) is 0 Å². The maximum absolute atomic E-state index is 13.5. The molecule has 3 aromatic carbocycles. The van der Waals surface area contributed by atoms with Crippen molar-refractivity contribution in [2.24, 2.45) is 0 Å². The van der Waals surface area contributed by atoms with E-state index < -0.39 is 44.0 Å². The number of nitrogens with zero attached hydrogens (tertiary/aromatic N) is 1. The first kappa shape index (κ1) is 33.3. The van der Waals surface area contributed by atoms with Crippen LogP contribution in [0, 0.1) is 0 Å². The Labute approximate surface area is 272 Å². The van der Waals surface area contributed by atoms with Gasteiger partial charge in [0.05, 0.1) is 0 Å². The number of alkyl halides is 3. The topological polar surface area (TPSA) is 66.5 Å². The van der Waals surface area contributed by atoms with Gasteiger partial charge in [-0.05, 0) is 12.8 Å². The van der Waals surface area contributed by atoms with E-state index in [0.29, 0.717) is 11.6 Å². The minimum atomic E-state index is -4.68. The molecule has 1 aliphatic carbocycles. The molecule has 1 saturated heterocycles. The van der Waals surface area contributed by atoms with Gasteiger partial charge in [0.15, 0.2) is 0 Å². The van der Waals surface area contributed by atoms with Crippen LogP contribution in [0.25, 0.3) is 0 Å². The zero-order valence-electron chi connectivity index (χ0n) is 24.0. The summed E-state index contributed by atoms with van der Waals surface area (Å²) in [6.07, 6.45) is 1.50. The van der Waals surface area contributed by atoms with Crippen LogP contribution in [0.4, 0.5) is 13.2 Å². The number of hydrogen-bond donors (Lipinski definition) is 1. The summed E-state index contributed by atoms with van der Waals surface area (Å²) in [6, 6.07) is 14.6. The normalized spacial score (nSPS) is 18.7. The number of likely N-dealkylation sites (tertiary alicyclic amines) is 1. The van der Waals surface area contributed by atoms with E-state index in [9.17, 15) is 26.4 Å². The molecule has 2 aliphatic rings. The van der Waals surface area contributed by atoms with Gasteiger partial charge in [-0.2, -0.15) is 0 Å². The molecule has 12 heteroatoms. The number of benzene rings is 3. The van der Waals surface area contributed by atoms with E-state index >= 15 is 0 Å². The van der Waals surface area contributed by atoms with E-state index in [1.807, 2.05) is 0 Å². The number of amides is 1. The Bertz CT molecular complexity index is 1590. The van der Waals surface area contributed by atoms with Crippen molar-refractivity contribution in [3.05, 3.63) is 98.5 Å². The SMILES string of the molecule is O=C(CC([AsH]S(=O)(=O)c1cccc(C(F)(F)F)c1)c1cc(Cl)cc(Cl)c1)NC1CCCc2cc(CN3CCCCC3)ccc21. The van der Waals surface area contributed by atoms with E-state index in [4.69, 9.17) is 23.2 Å². The van der Waals surface area contributed by atoms with E-state index in [1.165, 1.54) is 36.5 Å². The third-order valence-corrected chi connectivity index (χ3v) is 16.4. The molecule has 236 valence electrons. The summed E-state index contributed by atoms with van der Waals surface area (Å²) in [7, 11) is -4.11. The van der Waals surface area contributed by atoms with Crippen molar-refractivity contribution < 1.29 is 26.4 Å². The molecule has 1 heterocycles. The molecule has 1 aliphatic heterocycles. The zero-order valence-corrected chi connectivity index (χ0v) is 28.4. The van der Waals surface area contributed by atoms with Crippen LogP contribution >= 0.6 is 23.2 Å².